The van der Waals surface area contributed by atoms with Crippen molar-refractivity contribution in [2.75, 3.05) is 30.6 Å². The standard InChI is InChI=1S/C26H31N5O6S/c1-26(2,3)22(15-9-10-19-20(12-15)37-14-36-19)28-24-23(29-38(35)30-24)27-18-8-4-7-17(21(18)33)25(34)31-11-5-6-16(31)13-32/h4,7-10,12,16,22,32-33H,5-6,11,13-14H2,1-3H3,(H,27,29)(H,28,30)/t16-,22-,38?/m0/s1. The van der Waals surface area contributed by atoms with Gasteiger partial charge in [-0.1, -0.05) is 32.9 Å². The average Bonchev–Trinajstić information content (AvgIpc) is 3.61. The molecular formula is C26H31N5O6S. The Hall–Kier alpha value is -3.61. The first-order valence-corrected chi connectivity index (χ1v) is 13.5. The summed E-state index contributed by atoms with van der Waals surface area (Å²) in [6.07, 6.45) is 1.51. The summed E-state index contributed by atoms with van der Waals surface area (Å²) in [6.45, 7) is 6.74. The minimum Gasteiger partial charge on any atom is -0.546 e. The molecule has 0 radical (unpaired) electrons. The van der Waals surface area contributed by atoms with E-state index >= 15 is 0 Å². The molecule has 0 aliphatic carbocycles. The second-order valence-corrected chi connectivity index (χ2v) is 11.3. The summed E-state index contributed by atoms with van der Waals surface area (Å²) >= 11 is -1.86. The van der Waals surface area contributed by atoms with Crippen LogP contribution in [-0.2, 0) is 0 Å². The summed E-state index contributed by atoms with van der Waals surface area (Å²) in [5, 5.41) is 27.0. The van der Waals surface area contributed by atoms with Gasteiger partial charge in [-0.05, 0) is 48.1 Å². The van der Waals surface area contributed by atoms with Crippen molar-refractivity contribution < 1.29 is 29.0 Å². The van der Waals surface area contributed by atoms with Crippen LogP contribution in [0.15, 0.2) is 36.4 Å². The Bertz CT molecular complexity index is 1340. The van der Waals surface area contributed by atoms with E-state index in [1.807, 2.05) is 18.2 Å². The topological polar surface area (TPSA) is 152 Å². The number of aromatic hydroxyl groups is 1. The molecule has 0 spiro atoms. The zero-order valence-electron chi connectivity index (χ0n) is 21.4. The Kier molecular flexibility index (Phi) is 7.03. The quantitative estimate of drug-likeness (QED) is 0.253. The van der Waals surface area contributed by atoms with E-state index in [1.165, 1.54) is 6.07 Å². The van der Waals surface area contributed by atoms with Crippen LogP contribution < -0.4 is 20.1 Å². The first kappa shape index (κ1) is 26.0. The van der Waals surface area contributed by atoms with Crippen molar-refractivity contribution >= 4 is 34.4 Å². The van der Waals surface area contributed by atoms with Gasteiger partial charge in [0.2, 0.25) is 18.4 Å². The lowest BCUT2D eigenvalue weighted by molar-refractivity contribution is 0.0674. The van der Waals surface area contributed by atoms with Gasteiger partial charge in [0, 0.05) is 15.3 Å². The number of carbonyl (C=O) groups is 1. The van der Waals surface area contributed by atoms with Crippen LogP contribution in [0.4, 0.5) is 17.3 Å². The average molecular weight is 542 g/mol. The van der Waals surface area contributed by atoms with E-state index < -0.39 is 11.1 Å². The van der Waals surface area contributed by atoms with Crippen molar-refractivity contribution in [3.63, 3.8) is 0 Å². The number of para-hydroxylation sites is 1. The van der Waals surface area contributed by atoms with Crippen molar-refractivity contribution in [3.05, 3.63) is 47.5 Å². The maximum absolute atomic E-state index is 13.1. The molecule has 0 bridgehead atoms. The fraction of sp³-hybridized carbons (Fsp3) is 0.423. The number of phenols is 1. The molecule has 38 heavy (non-hydrogen) atoms. The molecule has 1 fully saturated rings. The van der Waals surface area contributed by atoms with Gasteiger partial charge in [-0.3, -0.25) is 4.79 Å². The number of rotatable bonds is 7. The Balaban J connectivity index is 1.42. The normalized spacial score (nSPS) is 18.0. The zero-order valence-corrected chi connectivity index (χ0v) is 22.2. The predicted molar refractivity (Wildman–Crippen MR) is 142 cm³/mol. The number of aliphatic hydroxyl groups excluding tert-OH is 1. The molecular weight excluding hydrogens is 510 g/mol. The number of ether oxygens (including phenoxy) is 2. The highest BCUT2D eigenvalue weighted by atomic mass is 32.2. The molecule has 4 N–H and O–H groups in total. The number of nitrogens with one attached hydrogen (secondary N) is 2. The van der Waals surface area contributed by atoms with E-state index in [-0.39, 0.29) is 65.4 Å². The molecule has 2 aliphatic heterocycles. The fourth-order valence-corrected chi connectivity index (χ4v) is 5.49. The summed E-state index contributed by atoms with van der Waals surface area (Å²) in [5.74, 6) is 1.14. The minimum absolute atomic E-state index is 0.106. The lowest BCUT2D eigenvalue weighted by Gasteiger charge is -2.32. The SMILES string of the molecule is CC(C)(C)[C@@H](Nc1n[s+]([O-])nc1Nc1cccc(C(=O)N2CCC[C@H]2CO)c1O)c1ccc2c(c1)OCO2. The van der Waals surface area contributed by atoms with Gasteiger partial charge in [0.15, 0.2) is 28.4 Å². The van der Waals surface area contributed by atoms with Crippen molar-refractivity contribution in [2.45, 2.75) is 45.7 Å². The number of nitrogens with zero attached hydrogens (tertiary/aromatic N) is 3. The predicted octanol–water partition coefficient (Wildman–Crippen LogP) is 4.18. The third-order valence-electron chi connectivity index (χ3n) is 6.81. The van der Waals surface area contributed by atoms with Crippen LogP contribution in [0.2, 0.25) is 0 Å². The van der Waals surface area contributed by atoms with E-state index in [9.17, 15) is 19.6 Å². The molecule has 2 aromatic carbocycles. The first-order valence-electron chi connectivity index (χ1n) is 12.4. The Labute approximate surface area is 223 Å². The minimum atomic E-state index is -1.86. The number of fused-ring (bicyclic) bond motifs is 1. The molecule has 3 atom stereocenters. The highest BCUT2D eigenvalue weighted by Gasteiger charge is 2.33. The Morgan fingerprint density at radius 3 is 2.74 bits per heavy atom. The number of aromatic nitrogens is 2. The zero-order chi connectivity index (χ0) is 27.0. The van der Waals surface area contributed by atoms with Gasteiger partial charge in [0.05, 0.1) is 29.9 Å². The molecule has 1 unspecified atom stereocenters. The molecule has 202 valence electrons. The molecule has 2 aliphatic rings. The fourth-order valence-electron chi connectivity index (χ4n) is 4.86. The maximum atomic E-state index is 13.1. The van der Waals surface area contributed by atoms with Crippen LogP contribution in [0.5, 0.6) is 17.2 Å². The van der Waals surface area contributed by atoms with Crippen LogP contribution in [0, 0.1) is 5.41 Å². The summed E-state index contributed by atoms with van der Waals surface area (Å²) in [4.78, 5) is 14.7. The second kappa shape index (κ2) is 10.3. The van der Waals surface area contributed by atoms with Gasteiger partial charge >= 0.3 is 0 Å². The van der Waals surface area contributed by atoms with Gasteiger partial charge in [0.25, 0.3) is 5.91 Å². The van der Waals surface area contributed by atoms with E-state index in [4.69, 9.17) is 9.47 Å². The van der Waals surface area contributed by atoms with E-state index in [2.05, 4.69) is 40.2 Å². The molecule has 3 heterocycles. The first-order chi connectivity index (χ1) is 18.2. The molecule has 0 saturated carbocycles. The lowest BCUT2D eigenvalue weighted by Crippen LogP contribution is -2.37. The van der Waals surface area contributed by atoms with Crippen LogP contribution >= 0.6 is 11.1 Å². The monoisotopic (exact) mass is 541 g/mol. The van der Waals surface area contributed by atoms with Gasteiger partial charge in [0.1, 0.15) is 0 Å². The molecule has 5 rings (SSSR count). The van der Waals surface area contributed by atoms with Gasteiger partial charge in [-0.15, -0.1) is 0 Å². The van der Waals surface area contributed by atoms with Crippen LogP contribution in [0.1, 0.15) is 55.6 Å². The third-order valence-corrected chi connectivity index (χ3v) is 7.49. The van der Waals surface area contributed by atoms with Gasteiger partial charge < -0.3 is 39.8 Å². The molecule has 11 nitrogen and oxygen atoms in total. The molecule has 12 heteroatoms. The maximum Gasteiger partial charge on any atom is 0.258 e. The summed E-state index contributed by atoms with van der Waals surface area (Å²) in [7, 11) is 0. The molecule has 1 aromatic heterocycles. The lowest BCUT2D eigenvalue weighted by atomic mass is 9.82. The van der Waals surface area contributed by atoms with Crippen LogP contribution in [-0.4, -0.2) is 60.3 Å². The Morgan fingerprint density at radius 2 is 1.97 bits per heavy atom. The number of phenolic OH excluding ortho intramolecular Hbond substituents is 1. The number of hydrogen-bond donors (Lipinski definition) is 4. The largest absolute Gasteiger partial charge is 0.546 e. The summed E-state index contributed by atoms with van der Waals surface area (Å²) in [5.41, 5.74) is 0.951. The van der Waals surface area contributed by atoms with Crippen molar-refractivity contribution in [3.8, 4) is 17.2 Å². The number of aliphatic hydroxyl groups is 1. The van der Waals surface area contributed by atoms with E-state index in [0.29, 0.717) is 24.5 Å². The number of likely N-dealkylation sites (tertiary alicyclic amines) is 1. The smallest absolute Gasteiger partial charge is 0.258 e. The number of anilines is 3. The van der Waals surface area contributed by atoms with Crippen molar-refractivity contribution in [2.24, 2.45) is 5.41 Å². The third kappa shape index (κ3) is 5.06. The van der Waals surface area contributed by atoms with Gasteiger partial charge in [-0.25, -0.2) is 0 Å². The van der Waals surface area contributed by atoms with Crippen molar-refractivity contribution in [1.29, 1.82) is 0 Å². The summed E-state index contributed by atoms with van der Waals surface area (Å²) < 4.78 is 31.6. The molecule has 1 amide bonds. The second-order valence-electron chi connectivity index (χ2n) is 10.5. The highest BCUT2D eigenvalue weighted by Crippen LogP contribution is 2.42. The number of hydrogen-bond acceptors (Lipinski definition) is 10. The summed E-state index contributed by atoms with van der Waals surface area (Å²) in [6, 6.07) is 9.92. The highest BCUT2D eigenvalue weighted by molar-refractivity contribution is 7.14. The van der Waals surface area contributed by atoms with Gasteiger partial charge in [-0.2, -0.15) is 0 Å². The molecule has 3 aromatic rings. The van der Waals surface area contributed by atoms with Crippen LogP contribution in [0.3, 0.4) is 0 Å². The van der Waals surface area contributed by atoms with Crippen molar-refractivity contribution in [1.82, 2.24) is 13.6 Å². The van der Waals surface area contributed by atoms with E-state index in [0.717, 1.165) is 12.0 Å². The number of carbonyl (C=O) groups excluding carboxylic acids is 1. The Morgan fingerprint density at radius 1 is 1.21 bits per heavy atom. The number of benzene rings is 2. The van der Waals surface area contributed by atoms with E-state index in [1.54, 1.807) is 17.0 Å². The van der Waals surface area contributed by atoms with Crippen LogP contribution in [0.25, 0.3) is 0 Å². The molecule has 1 saturated heterocycles. The number of amides is 1.